The molecule has 0 aliphatic carbocycles. The van der Waals surface area contributed by atoms with E-state index in [1.807, 2.05) is 35.4 Å². The summed E-state index contributed by atoms with van der Waals surface area (Å²) in [6.07, 6.45) is 10.6. The van der Waals surface area contributed by atoms with Gasteiger partial charge in [-0.05, 0) is 49.3 Å². The van der Waals surface area contributed by atoms with Gasteiger partial charge in [0.1, 0.15) is 11.1 Å². The average Bonchev–Trinajstić information content (AvgIpc) is 3.16. The number of imidazole rings is 1. The van der Waals surface area contributed by atoms with Crippen molar-refractivity contribution in [3.05, 3.63) is 41.6 Å². The molecule has 172 valence electrons. The number of fused-ring (bicyclic) bond motifs is 1. The Balaban J connectivity index is 1.88. The van der Waals surface area contributed by atoms with E-state index >= 15 is 0 Å². The van der Waals surface area contributed by atoms with Crippen molar-refractivity contribution in [3.8, 4) is 0 Å². The van der Waals surface area contributed by atoms with Crippen molar-refractivity contribution in [2.24, 2.45) is 0 Å². The van der Waals surface area contributed by atoms with Crippen LogP contribution in [0.3, 0.4) is 0 Å². The molecule has 8 heteroatoms. The zero-order chi connectivity index (χ0) is 22.9. The minimum atomic E-state index is -0.335. The maximum atomic E-state index is 12.8. The van der Waals surface area contributed by atoms with Gasteiger partial charge in [0.05, 0.1) is 16.6 Å². The van der Waals surface area contributed by atoms with Gasteiger partial charge in [-0.25, -0.2) is 9.78 Å². The third-order valence-corrected chi connectivity index (χ3v) is 6.14. The second-order valence-electron chi connectivity index (χ2n) is 7.78. The lowest BCUT2D eigenvalue weighted by atomic mass is 10.1. The highest BCUT2D eigenvalue weighted by atomic mass is 32.2. The first-order chi connectivity index (χ1) is 15.6. The van der Waals surface area contributed by atoms with E-state index < -0.39 is 0 Å². The van der Waals surface area contributed by atoms with E-state index in [4.69, 9.17) is 4.74 Å². The summed E-state index contributed by atoms with van der Waals surface area (Å²) >= 11 is 1.55. The Morgan fingerprint density at radius 3 is 2.81 bits per heavy atom. The Bertz CT molecular complexity index is 999. The largest absolute Gasteiger partial charge is 0.459 e. The van der Waals surface area contributed by atoms with Crippen LogP contribution in [0.15, 0.2) is 36.0 Å². The molecular weight excluding hydrogens is 424 g/mol. The standard InChI is InChI=1S/C24H32N4O3S/c1-4-7-8-9-19(6-3)31-23(30)18-10-11-21-20(15-18)26-24(25-17-29)28(21)22-16-27(12-5-2)13-14-32-22/h10-11,13-17,19H,4-9,12H2,1-3H3,(H,25,26,29). The molecule has 0 fully saturated rings. The van der Waals surface area contributed by atoms with E-state index in [1.165, 1.54) is 0 Å². The summed E-state index contributed by atoms with van der Waals surface area (Å²) in [5, 5.41) is 5.62. The van der Waals surface area contributed by atoms with Crippen molar-refractivity contribution in [3.63, 3.8) is 0 Å². The van der Waals surface area contributed by atoms with E-state index in [0.29, 0.717) is 23.4 Å². The summed E-state index contributed by atoms with van der Waals surface area (Å²) < 4.78 is 7.64. The SMILES string of the molecule is CCCCCC(CC)OC(=O)c1ccc2c(c1)nc(NC=O)n2C1=CN(CCC)C=CS1. The second-order valence-corrected chi connectivity index (χ2v) is 8.70. The van der Waals surface area contributed by atoms with Gasteiger partial charge in [0, 0.05) is 18.9 Å². The Morgan fingerprint density at radius 1 is 1.25 bits per heavy atom. The fraction of sp³-hybridized carbons (Fsp3) is 0.458. The van der Waals surface area contributed by atoms with E-state index in [2.05, 4.69) is 29.0 Å². The highest BCUT2D eigenvalue weighted by Gasteiger charge is 2.20. The van der Waals surface area contributed by atoms with Gasteiger partial charge in [-0.2, -0.15) is 0 Å². The monoisotopic (exact) mass is 456 g/mol. The number of aromatic nitrogens is 2. The van der Waals surface area contributed by atoms with Crippen LogP contribution in [0.25, 0.3) is 16.1 Å². The predicted octanol–water partition coefficient (Wildman–Crippen LogP) is 5.81. The first kappa shape index (κ1) is 23.9. The maximum Gasteiger partial charge on any atom is 0.338 e. The van der Waals surface area contributed by atoms with Gasteiger partial charge in [0.25, 0.3) is 0 Å². The van der Waals surface area contributed by atoms with E-state index in [9.17, 15) is 9.59 Å². The van der Waals surface area contributed by atoms with E-state index in [-0.39, 0.29) is 12.1 Å². The van der Waals surface area contributed by atoms with Crippen molar-refractivity contribution in [2.45, 2.75) is 65.4 Å². The van der Waals surface area contributed by atoms with Gasteiger partial charge in [-0.1, -0.05) is 45.4 Å². The number of anilines is 1. The molecule has 0 saturated carbocycles. The number of hydrogen-bond acceptors (Lipinski definition) is 6. The molecule has 1 amide bonds. The first-order valence-corrected chi connectivity index (χ1v) is 12.2. The normalized spacial score (nSPS) is 14.3. The van der Waals surface area contributed by atoms with Crippen molar-refractivity contribution < 1.29 is 14.3 Å². The van der Waals surface area contributed by atoms with Crippen LogP contribution in [0, 0.1) is 0 Å². The number of unbranched alkanes of at least 4 members (excludes halogenated alkanes) is 2. The third-order valence-electron chi connectivity index (χ3n) is 5.36. The number of esters is 1. The van der Waals surface area contributed by atoms with Crippen molar-refractivity contribution in [1.29, 1.82) is 0 Å². The predicted molar refractivity (Wildman–Crippen MR) is 131 cm³/mol. The van der Waals surface area contributed by atoms with Crippen molar-refractivity contribution in [1.82, 2.24) is 14.5 Å². The molecule has 0 radical (unpaired) electrons. The van der Waals surface area contributed by atoms with Gasteiger partial charge in [0.2, 0.25) is 12.4 Å². The third kappa shape index (κ3) is 5.73. The molecule has 1 aliphatic rings. The van der Waals surface area contributed by atoms with Crippen LogP contribution in [0.2, 0.25) is 0 Å². The van der Waals surface area contributed by atoms with Crippen LogP contribution in [0.4, 0.5) is 5.95 Å². The van der Waals surface area contributed by atoms with Crippen LogP contribution in [0.5, 0.6) is 0 Å². The van der Waals surface area contributed by atoms with Crippen LogP contribution < -0.4 is 5.32 Å². The first-order valence-electron chi connectivity index (χ1n) is 11.4. The van der Waals surface area contributed by atoms with Gasteiger partial charge >= 0.3 is 5.97 Å². The molecular formula is C24H32N4O3S. The fourth-order valence-corrected chi connectivity index (χ4v) is 4.51. The smallest absolute Gasteiger partial charge is 0.338 e. The second kappa shape index (κ2) is 11.8. The summed E-state index contributed by atoms with van der Waals surface area (Å²) in [5.41, 5.74) is 1.90. The molecule has 1 unspecified atom stereocenters. The van der Waals surface area contributed by atoms with Gasteiger partial charge in [0.15, 0.2) is 0 Å². The number of benzene rings is 1. The molecule has 1 atom stereocenters. The number of nitrogens with one attached hydrogen (secondary N) is 1. The van der Waals surface area contributed by atoms with Gasteiger partial charge < -0.3 is 9.64 Å². The van der Waals surface area contributed by atoms with E-state index in [1.54, 1.807) is 23.9 Å². The highest BCUT2D eigenvalue weighted by Crippen LogP contribution is 2.34. The molecule has 1 aliphatic heterocycles. The lowest BCUT2D eigenvalue weighted by Gasteiger charge is -2.21. The summed E-state index contributed by atoms with van der Waals surface area (Å²) in [4.78, 5) is 30.6. The zero-order valence-electron chi connectivity index (χ0n) is 19.0. The van der Waals surface area contributed by atoms with Crippen molar-refractivity contribution in [2.75, 3.05) is 11.9 Å². The molecule has 1 N–H and O–H groups in total. The lowest BCUT2D eigenvalue weighted by molar-refractivity contribution is -0.105. The molecule has 2 aromatic rings. The van der Waals surface area contributed by atoms with E-state index in [0.717, 1.165) is 55.6 Å². The number of carbonyl (C=O) groups excluding carboxylic acids is 2. The molecule has 0 saturated heterocycles. The Morgan fingerprint density at radius 2 is 2.09 bits per heavy atom. The zero-order valence-corrected chi connectivity index (χ0v) is 19.9. The number of nitrogens with zero attached hydrogens (tertiary/aromatic N) is 3. The molecule has 1 aromatic heterocycles. The van der Waals surface area contributed by atoms with Crippen LogP contribution in [-0.4, -0.2) is 39.5 Å². The topological polar surface area (TPSA) is 76.5 Å². The molecule has 3 rings (SSSR count). The lowest BCUT2D eigenvalue weighted by Crippen LogP contribution is -2.17. The number of carbonyl (C=O) groups is 2. The fourth-order valence-electron chi connectivity index (χ4n) is 3.67. The number of ether oxygens (including phenoxy) is 1. The maximum absolute atomic E-state index is 12.8. The Kier molecular flexibility index (Phi) is 8.79. The highest BCUT2D eigenvalue weighted by molar-refractivity contribution is 8.10. The van der Waals surface area contributed by atoms with Crippen LogP contribution >= 0.6 is 11.8 Å². The minimum absolute atomic E-state index is 0.0743. The Hall–Kier alpha value is -2.74. The van der Waals surface area contributed by atoms with Gasteiger partial charge in [-0.15, -0.1) is 0 Å². The molecule has 7 nitrogen and oxygen atoms in total. The van der Waals surface area contributed by atoms with Crippen molar-refractivity contribution >= 4 is 46.2 Å². The molecule has 0 spiro atoms. The molecule has 1 aromatic carbocycles. The van der Waals surface area contributed by atoms with Crippen LogP contribution in [0.1, 0.15) is 69.7 Å². The molecule has 32 heavy (non-hydrogen) atoms. The average molecular weight is 457 g/mol. The van der Waals surface area contributed by atoms with Crippen LogP contribution in [-0.2, 0) is 9.53 Å². The quantitative estimate of drug-likeness (QED) is 0.247. The number of thioether (sulfide) groups is 1. The summed E-state index contributed by atoms with van der Waals surface area (Å²) in [5.74, 6) is 0.0787. The minimum Gasteiger partial charge on any atom is -0.459 e. The Labute approximate surface area is 193 Å². The summed E-state index contributed by atoms with van der Waals surface area (Å²) in [6, 6.07) is 5.35. The number of rotatable bonds is 12. The number of hydrogen-bond donors (Lipinski definition) is 1. The summed E-state index contributed by atoms with van der Waals surface area (Å²) in [7, 11) is 0. The number of amides is 1. The van der Waals surface area contributed by atoms with Gasteiger partial charge in [-0.3, -0.25) is 14.7 Å². The summed E-state index contributed by atoms with van der Waals surface area (Å²) in [6.45, 7) is 7.23. The molecule has 2 heterocycles. The molecule has 0 bridgehead atoms.